The third-order valence-electron chi connectivity index (χ3n) is 6.95. The number of carboxylic acid groups (broad SMARTS) is 1. The molecule has 222 valence electrons. The van der Waals surface area contributed by atoms with Gasteiger partial charge in [-0.3, -0.25) is 9.59 Å². The Kier molecular flexibility index (Phi) is 10.3. The van der Waals surface area contributed by atoms with Crippen LogP contribution >= 0.6 is 0 Å². The number of carbonyl (C=O) groups is 3. The molecule has 0 aliphatic heterocycles. The number of rotatable bonds is 13. The van der Waals surface area contributed by atoms with Crippen molar-refractivity contribution in [2.24, 2.45) is 5.41 Å². The van der Waals surface area contributed by atoms with Crippen LogP contribution in [0, 0.1) is 5.41 Å². The smallest absolute Gasteiger partial charge is 0.326 e. The molecule has 0 fully saturated rings. The van der Waals surface area contributed by atoms with Crippen LogP contribution in [0.4, 0.5) is 11.4 Å². The van der Waals surface area contributed by atoms with E-state index in [0.29, 0.717) is 42.1 Å². The molecular formula is C36H38N2O5. The lowest BCUT2D eigenvalue weighted by molar-refractivity contribution is -0.137. The van der Waals surface area contributed by atoms with Gasteiger partial charge in [-0.25, -0.2) is 4.79 Å². The lowest BCUT2D eigenvalue weighted by Crippen LogP contribution is -2.40. The summed E-state index contributed by atoms with van der Waals surface area (Å²) in [5, 5.41) is 13.0. The molecule has 1 atom stereocenters. The summed E-state index contributed by atoms with van der Waals surface area (Å²) in [4.78, 5) is 40.1. The lowest BCUT2D eigenvalue weighted by atomic mass is 9.94. The first kappa shape index (κ1) is 31.0. The van der Waals surface area contributed by atoms with Gasteiger partial charge in [0.2, 0.25) is 5.91 Å². The van der Waals surface area contributed by atoms with E-state index in [4.69, 9.17) is 4.74 Å². The Balaban J connectivity index is 1.35. The minimum atomic E-state index is -1.02. The van der Waals surface area contributed by atoms with Gasteiger partial charge in [-0.05, 0) is 48.4 Å². The molecule has 43 heavy (non-hydrogen) atoms. The van der Waals surface area contributed by atoms with Crippen molar-refractivity contribution >= 4 is 29.0 Å². The molecule has 0 aliphatic carbocycles. The second-order valence-electron chi connectivity index (χ2n) is 11.4. The number of amides is 1. The number of carbonyl (C=O) groups excluding carboxylic acids is 2. The van der Waals surface area contributed by atoms with Gasteiger partial charge in [0.05, 0.1) is 6.61 Å². The highest BCUT2D eigenvalue weighted by Crippen LogP contribution is 2.24. The SMILES string of the molecule is CC(C)(C)C(=O)N(CCCOc1ccc(CC(Nc2ccccc2C(=O)c2ccccc2)C(=O)O)cc1)c1ccccc1. The fourth-order valence-electron chi connectivity index (χ4n) is 4.67. The van der Waals surface area contributed by atoms with E-state index in [1.54, 1.807) is 53.4 Å². The number of ether oxygens (including phenoxy) is 1. The van der Waals surface area contributed by atoms with Crippen molar-refractivity contribution in [3.05, 3.63) is 126 Å². The number of hydrogen-bond donors (Lipinski definition) is 2. The number of nitrogens with one attached hydrogen (secondary N) is 1. The van der Waals surface area contributed by atoms with Crippen LogP contribution in [0.3, 0.4) is 0 Å². The van der Waals surface area contributed by atoms with Gasteiger partial charge in [-0.2, -0.15) is 0 Å². The number of carboxylic acids is 1. The molecule has 0 heterocycles. The maximum atomic E-state index is 13.1. The lowest BCUT2D eigenvalue weighted by Gasteiger charge is -2.29. The number of hydrogen-bond acceptors (Lipinski definition) is 5. The quantitative estimate of drug-likeness (QED) is 0.133. The van der Waals surface area contributed by atoms with Crippen LogP contribution in [0.15, 0.2) is 109 Å². The molecule has 4 rings (SSSR count). The van der Waals surface area contributed by atoms with Gasteiger partial charge < -0.3 is 20.1 Å². The van der Waals surface area contributed by atoms with Crippen molar-refractivity contribution < 1.29 is 24.2 Å². The number of aliphatic carboxylic acids is 1. The van der Waals surface area contributed by atoms with E-state index in [1.165, 1.54) is 0 Å². The summed E-state index contributed by atoms with van der Waals surface area (Å²) in [6.07, 6.45) is 0.856. The van der Waals surface area contributed by atoms with Gasteiger partial charge in [-0.15, -0.1) is 0 Å². The zero-order chi connectivity index (χ0) is 30.8. The zero-order valence-electron chi connectivity index (χ0n) is 24.8. The molecule has 0 aliphatic rings. The molecule has 4 aromatic rings. The predicted octanol–water partition coefficient (Wildman–Crippen LogP) is 6.87. The Labute approximate surface area is 253 Å². The van der Waals surface area contributed by atoms with Crippen molar-refractivity contribution in [1.29, 1.82) is 0 Å². The van der Waals surface area contributed by atoms with Crippen LogP contribution in [-0.2, 0) is 16.0 Å². The van der Waals surface area contributed by atoms with Crippen LogP contribution in [0.5, 0.6) is 5.75 Å². The van der Waals surface area contributed by atoms with E-state index in [0.717, 1.165) is 11.3 Å². The number of nitrogens with zero attached hydrogens (tertiary/aromatic N) is 1. The summed E-state index contributed by atoms with van der Waals surface area (Å²) in [7, 11) is 0. The molecule has 0 aromatic heterocycles. The average molecular weight is 579 g/mol. The number of para-hydroxylation sites is 2. The standard InChI is InChI=1S/C36H38N2O5/c1-36(2,3)35(42)38(28-15-8-5-9-16-28)23-12-24-43-29-21-19-26(20-22-29)25-32(34(40)41)37-31-18-11-10-17-30(31)33(39)27-13-6-4-7-14-27/h4-11,13-22,32,37H,12,23-25H2,1-3H3,(H,40,41). The maximum Gasteiger partial charge on any atom is 0.326 e. The minimum Gasteiger partial charge on any atom is -0.494 e. The fraction of sp³-hybridized carbons (Fsp3) is 0.250. The van der Waals surface area contributed by atoms with Gasteiger partial charge in [0.1, 0.15) is 11.8 Å². The van der Waals surface area contributed by atoms with Crippen LogP contribution in [0.25, 0.3) is 0 Å². The first-order valence-corrected chi connectivity index (χ1v) is 14.4. The molecular weight excluding hydrogens is 540 g/mol. The van der Waals surface area contributed by atoms with Crippen LogP contribution in [-0.4, -0.2) is 42.0 Å². The Hall–Kier alpha value is -4.91. The normalized spacial score (nSPS) is 11.8. The topological polar surface area (TPSA) is 95.9 Å². The largest absolute Gasteiger partial charge is 0.494 e. The Morgan fingerprint density at radius 1 is 0.814 bits per heavy atom. The van der Waals surface area contributed by atoms with Gasteiger partial charge >= 0.3 is 5.97 Å². The molecule has 0 saturated heterocycles. The zero-order valence-corrected chi connectivity index (χ0v) is 24.8. The predicted molar refractivity (Wildman–Crippen MR) is 170 cm³/mol. The van der Waals surface area contributed by atoms with E-state index in [1.807, 2.05) is 81.4 Å². The second kappa shape index (κ2) is 14.3. The molecule has 0 spiro atoms. The van der Waals surface area contributed by atoms with Gasteiger partial charge in [-0.1, -0.05) is 93.6 Å². The Bertz CT molecular complexity index is 1510. The van der Waals surface area contributed by atoms with Crippen molar-refractivity contribution in [3.63, 3.8) is 0 Å². The monoisotopic (exact) mass is 578 g/mol. The number of benzene rings is 4. The second-order valence-corrected chi connectivity index (χ2v) is 11.4. The molecule has 1 unspecified atom stereocenters. The van der Waals surface area contributed by atoms with Gasteiger partial charge in [0.25, 0.3) is 0 Å². The molecule has 7 heteroatoms. The summed E-state index contributed by atoms with van der Waals surface area (Å²) in [5.41, 5.74) is 2.59. The minimum absolute atomic E-state index is 0.0525. The van der Waals surface area contributed by atoms with E-state index in [-0.39, 0.29) is 18.1 Å². The first-order chi connectivity index (χ1) is 20.6. The molecule has 4 aromatic carbocycles. The van der Waals surface area contributed by atoms with E-state index in [9.17, 15) is 19.5 Å². The highest BCUT2D eigenvalue weighted by molar-refractivity contribution is 6.12. The molecule has 0 bridgehead atoms. The fourth-order valence-corrected chi connectivity index (χ4v) is 4.67. The highest BCUT2D eigenvalue weighted by atomic mass is 16.5. The first-order valence-electron chi connectivity index (χ1n) is 14.4. The maximum absolute atomic E-state index is 13.1. The molecule has 0 radical (unpaired) electrons. The van der Waals surface area contributed by atoms with Crippen LogP contribution < -0.4 is 15.0 Å². The van der Waals surface area contributed by atoms with E-state index in [2.05, 4.69) is 5.32 Å². The summed E-state index contributed by atoms with van der Waals surface area (Å²) >= 11 is 0. The molecule has 7 nitrogen and oxygen atoms in total. The Morgan fingerprint density at radius 2 is 1.42 bits per heavy atom. The molecule has 0 saturated carbocycles. The van der Waals surface area contributed by atoms with Crippen molar-refractivity contribution in [3.8, 4) is 5.75 Å². The Morgan fingerprint density at radius 3 is 2.05 bits per heavy atom. The summed E-state index contributed by atoms with van der Waals surface area (Å²) in [5.74, 6) is -0.480. The van der Waals surface area contributed by atoms with Crippen molar-refractivity contribution in [2.75, 3.05) is 23.4 Å². The molecule has 2 N–H and O–H groups in total. The van der Waals surface area contributed by atoms with Crippen molar-refractivity contribution in [1.82, 2.24) is 0 Å². The number of ketones is 1. The molecule has 1 amide bonds. The third kappa shape index (κ3) is 8.55. The van der Waals surface area contributed by atoms with Gasteiger partial charge in [0.15, 0.2) is 5.78 Å². The van der Waals surface area contributed by atoms with Crippen molar-refractivity contribution in [2.45, 2.75) is 39.7 Å². The summed E-state index contributed by atoms with van der Waals surface area (Å²) in [6, 6.07) is 31.9. The summed E-state index contributed by atoms with van der Waals surface area (Å²) < 4.78 is 5.94. The highest BCUT2D eigenvalue weighted by Gasteiger charge is 2.28. The van der Waals surface area contributed by atoms with Crippen LogP contribution in [0.1, 0.15) is 48.7 Å². The van der Waals surface area contributed by atoms with Gasteiger partial charge in [0, 0.05) is 40.9 Å². The number of anilines is 2. The van der Waals surface area contributed by atoms with Crippen LogP contribution in [0.2, 0.25) is 0 Å². The summed E-state index contributed by atoms with van der Waals surface area (Å²) in [6.45, 7) is 6.69. The van der Waals surface area contributed by atoms with E-state index >= 15 is 0 Å². The van der Waals surface area contributed by atoms with E-state index < -0.39 is 17.4 Å². The third-order valence-corrected chi connectivity index (χ3v) is 6.95. The average Bonchev–Trinajstić information content (AvgIpc) is 3.01.